The van der Waals surface area contributed by atoms with Gasteiger partial charge < -0.3 is 24.4 Å². The molecule has 12 aromatic rings. The second kappa shape index (κ2) is 28.6. The maximum Gasteiger partial charge on any atom is 0.361 e. The number of aromatic hydroxyl groups is 1. The molecule has 0 aliphatic heterocycles. The quantitative estimate of drug-likeness (QED) is 0.0848. The molecule has 0 aliphatic rings. The number of carboxylic acid groups (broad SMARTS) is 1. The van der Waals surface area contributed by atoms with Gasteiger partial charge in [-0.05, 0) is 159 Å². The number of halogens is 4. The van der Waals surface area contributed by atoms with E-state index in [1.165, 1.54) is 4.52 Å². The molecule has 0 aliphatic carbocycles. The lowest BCUT2D eigenvalue weighted by atomic mass is 10.1. The van der Waals surface area contributed by atoms with Crippen LogP contribution < -0.4 is 0 Å². The number of aromatic carboxylic acids is 1. The summed E-state index contributed by atoms with van der Waals surface area (Å²) in [6.45, 7) is 22.3. The summed E-state index contributed by atoms with van der Waals surface area (Å²) in [7, 11) is 0. The first-order chi connectivity index (χ1) is 44.3. The molecule has 29 heteroatoms. The fourth-order valence-corrected chi connectivity index (χ4v) is 10.6. The largest absolute Gasteiger partial charge is 0.508 e. The number of hydrogen-bond acceptors (Lipinski definition) is 20. The number of hydrogen-bond donors (Lipinski definition) is 2. The molecule has 8 aromatic heterocycles. The van der Waals surface area contributed by atoms with Crippen molar-refractivity contribution in [2.45, 2.75) is 95.6 Å². The average Bonchev–Trinajstić information content (AvgIpc) is 1.67. The third-order valence-corrected chi connectivity index (χ3v) is 15.1. The highest BCUT2D eigenvalue weighted by Gasteiger charge is 2.26. The Morgan fingerprint density at radius 2 is 0.753 bits per heavy atom. The lowest BCUT2D eigenvalue weighted by Crippen LogP contribution is -2.17. The highest BCUT2D eigenvalue weighted by atomic mass is 35.5. The van der Waals surface area contributed by atoms with Gasteiger partial charge in [0.25, 0.3) is 0 Å². The van der Waals surface area contributed by atoms with Crippen LogP contribution in [0.1, 0.15) is 122 Å². The van der Waals surface area contributed by atoms with Crippen LogP contribution in [-0.4, -0.2) is 133 Å². The molecule has 0 saturated carbocycles. The molecule has 2 N–H and O–H groups in total. The molecule has 0 saturated heterocycles. The van der Waals surface area contributed by atoms with Crippen molar-refractivity contribution < 1.29 is 43.6 Å². The Balaban J connectivity index is 0.000000146. The van der Waals surface area contributed by atoms with Gasteiger partial charge >= 0.3 is 23.9 Å². The molecule has 12 rings (SSSR count). The zero-order valence-electron chi connectivity index (χ0n) is 52.3. The summed E-state index contributed by atoms with van der Waals surface area (Å²) in [5.41, 5.74) is 14.5. The Hall–Kier alpha value is -10.1. The van der Waals surface area contributed by atoms with E-state index < -0.39 is 23.9 Å². The van der Waals surface area contributed by atoms with Crippen molar-refractivity contribution in [3.63, 3.8) is 0 Å². The number of aromatic nitrogens is 16. The van der Waals surface area contributed by atoms with E-state index in [9.17, 15) is 24.3 Å². The lowest BCUT2D eigenvalue weighted by molar-refractivity contribution is 0.0365. The normalized spacial score (nSPS) is 11.1. The fraction of sp³-hybridized carbons (Fsp3) is 0.250. The Kier molecular flexibility index (Phi) is 20.7. The SMILES string of the molecule is CCCOC(=O)c1nnc2c(-c3ccc(Cl)cc3)c(C)nn2c1C.CCOC(=O)c1nnc2c(-c3ccc(O)cc3)c(C)nn2c1C.Cc1nn2c(C)c(C(=O)O)nnc2c1-c1cc(Cl)cc(Cl)c1.Cc1nn2c(C)c(C(=O)OC(C)C)nnc2c1-c1ccc(Cl)cc1. The van der Waals surface area contributed by atoms with Gasteiger partial charge in [0.1, 0.15) is 5.75 Å². The summed E-state index contributed by atoms with van der Waals surface area (Å²) in [6.07, 6.45) is 0.528. The number of ether oxygens (including phenoxy) is 3. The van der Waals surface area contributed by atoms with Gasteiger partial charge in [-0.3, -0.25) is 0 Å². The Morgan fingerprint density at radius 1 is 0.430 bits per heavy atom. The third kappa shape index (κ3) is 14.4. The van der Waals surface area contributed by atoms with Crippen molar-refractivity contribution in [2.24, 2.45) is 0 Å². The van der Waals surface area contributed by atoms with Gasteiger partial charge in [0, 0.05) is 20.1 Å². The molecule has 478 valence electrons. The smallest absolute Gasteiger partial charge is 0.361 e. The minimum Gasteiger partial charge on any atom is -0.508 e. The number of phenolic OH excluding ortho intramolecular Hbond substituents is 1. The number of fused-ring (bicyclic) bond motifs is 4. The molecule has 8 heterocycles. The van der Waals surface area contributed by atoms with E-state index in [4.69, 9.17) is 65.7 Å². The predicted molar refractivity (Wildman–Crippen MR) is 349 cm³/mol. The summed E-state index contributed by atoms with van der Waals surface area (Å²) in [5, 5.41) is 71.2. The van der Waals surface area contributed by atoms with Gasteiger partial charge in [-0.25, -0.2) is 37.2 Å². The molecular weight excluding hydrogens is 1280 g/mol. The molecule has 0 atom stereocenters. The van der Waals surface area contributed by atoms with Crippen LogP contribution in [0.15, 0.2) is 91.0 Å². The molecule has 0 bridgehead atoms. The van der Waals surface area contributed by atoms with E-state index >= 15 is 0 Å². The highest BCUT2D eigenvalue weighted by Crippen LogP contribution is 2.34. The van der Waals surface area contributed by atoms with Crippen molar-refractivity contribution in [3.05, 3.63) is 179 Å². The van der Waals surface area contributed by atoms with Crippen LogP contribution in [0.25, 0.3) is 67.1 Å². The number of aryl methyl sites for hydroxylation is 8. The summed E-state index contributed by atoms with van der Waals surface area (Å²) in [5.74, 6) is -2.45. The number of carbonyl (C=O) groups is 4. The Labute approximate surface area is 551 Å². The standard InChI is InChI=1S/2C17H17ClN4O2.C16H16N4O3.C14H10Cl2N4O2/c1-9(2)24-17(23)15-11(4)22-16(20-19-15)14(10(3)21-22)12-5-7-13(18)8-6-12;1-4-9-24-17(23)15-11(3)22-16(20-19-15)14(10(2)21-22)12-5-7-13(18)8-6-12;1-4-23-16(22)14-10(3)20-15(18-17-14)13(9(2)19-20)11-5-7-12(21)8-6-11;1-6-11(8-3-9(15)5-10(16)4-8)13-18-17-12(14(21)22)7(2)20(13)19-6/h5-9H,1-4H3;5-8H,4,9H2,1-3H3;5-8,21H,4H2,1-3H3;3-5H,1-2H3,(H,21,22). The average molecular weight is 1340 g/mol. The number of nitrogens with zero attached hydrogens (tertiary/aromatic N) is 16. The first-order valence-corrected chi connectivity index (χ1v) is 30.3. The molecule has 0 fully saturated rings. The van der Waals surface area contributed by atoms with E-state index in [0.717, 1.165) is 68.0 Å². The second-order valence-corrected chi connectivity index (χ2v) is 22.9. The second-order valence-electron chi connectivity index (χ2n) is 21.2. The summed E-state index contributed by atoms with van der Waals surface area (Å²) >= 11 is 24.0. The van der Waals surface area contributed by atoms with Crippen molar-refractivity contribution in [1.82, 2.24) is 79.2 Å². The van der Waals surface area contributed by atoms with Crippen LogP contribution in [0.2, 0.25) is 20.1 Å². The van der Waals surface area contributed by atoms with E-state index in [2.05, 4.69) is 61.2 Å². The number of phenols is 1. The maximum absolute atomic E-state index is 12.1. The van der Waals surface area contributed by atoms with Crippen LogP contribution in [0.4, 0.5) is 0 Å². The number of esters is 3. The molecule has 93 heavy (non-hydrogen) atoms. The van der Waals surface area contributed by atoms with Gasteiger partial charge in [-0.2, -0.15) is 20.4 Å². The van der Waals surface area contributed by atoms with Crippen LogP contribution in [0.5, 0.6) is 5.75 Å². The number of carboxylic acids is 1. The van der Waals surface area contributed by atoms with Crippen LogP contribution in [0, 0.1) is 55.4 Å². The molecular formula is C64H60Cl4N16O9. The van der Waals surface area contributed by atoms with Crippen LogP contribution in [-0.2, 0) is 14.2 Å². The summed E-state index contributed by atoms with van der Waals surface area (Å²) in [4.78, 5) is 47.3. The predicted octanol–water partition coefficient (Wildman–Crippen LogP) is 13.0. The zero-order valence-corrected chi connectivity index (χ0v) is 55.3. The molecule has 0 spiro atoms. The molecule has 0 amide bonds. The maximum atomic E-state index is 12.1. The van der Waals surface area contributed by atoms with Gasteiger partial charge in [-0.15, -0.1) is 40.8 Å². The number of benzene rings is 4. The Morgan fingerprint density at radius 3 is 1.10 bits per heavy atom. The highest BCUT2D eigenvalue weighted by molar-refractivity contribution is 6.35. The van der Waals surface area contributed by atoms with Gasteiger partial charge in [0.2, 0.25) is 0 Å². The third-order valence-electron chi connectivity index (χ3n) is 14.2. The number of carbonyl (C=O) groups excluding carboxylic acids is 3. The minimum atomic E-state index is -1.15. The van der Waals surface area contributed by atoms with Gasteiger partial charge in [-0.1, -0.05) is 89.7 Å². The van der Waals surface area contributed by atoms with Gasteiger partial charge in [0.15, 0.2) is 45.4 Å². The minimum absolute atomic E-state index is 0.134. The van der Waals surface area contributed by atoms with E-state index in [1.54, 1.807) is 111 Å². The summed E-state index contributed by atoms with van der Waals surface area (Å²) in [6, 6.07) is 26.8. The van der Waals surface area contributed by atoms with E-state index in [0.29, 0.717) is 77.8 Å². The topological polar surface area (TPSA) is 309 Å². The van der Waals surface area contributed by atoms with E-state index in [1.807, 2.05) is 76.2 Å². The molecule has 0 unspecified atom stereocenters. The first-order valence-electron chi connectivity index (χ1n) is 28.8. The molecule has 25 nitrogen and oxygen atoms in total. The van der Waals surface area contributed by atoms with Gasteiger partial charge in [0.05, 0.1) is 87.1 Å². The van der Waals surface area contributed by atoms with Crippen LogP contribution in [0.3, 0.4) is 0 Å². The van der Waals surface area contributed by atoms with Crippen LogP contribution >= 0.6 is 46.4 Å². The van der Waals surface area contributed by atoms with Crippen molar-refractivity contribution >= 4 is 92.9 Å². The molecule has 4 aromatic carbocycles. The monoisotopic (exact) mass is 1340 g/mol. The van der Waals surface area contributed by atoms with Crippen molar-refractivity contribution in [1.29, 1.82) is 0 Å². The summed E-state index contributed by atoms with van der Waals surface area (Å²) < 4.78 is 21.7. The fourth-order valence-electron chi connectivity index (χ4n) is 9.85. The first kappa shape index (κ1) is 67.3. The van der Waals surface area contributed by atoms with Crippen molar-refractivity contribution in [3.8, 4) is 50.3 Å². The van der Waals surface area contributed by atoms with E-state index in [-0.39, 0.29) is 41.2 Å². The number of rotatable bonds is 12. The zero-order chi connectivity index (χ0) is 67.3. The lowest BCUT2D eigenvalue weighted by Gasteiger charge is -2.09. The molecule has 0 radical (unpaired) electrons. The van der Waals surface area contributed by atoms with Crippen molar-refractivity contribution in [2.75, 3.05) is 13.2 Å². The Bertz CT molecular complexity index is 4820.